The van der Waals surface area contributed by atoms with Gasteiger partial charge in [0.05, 0.1) is 17.2 Å². The number of anilines is 1. The first-order valence-electron chi connectivity index (χ1n) is 10.8. The maximum atomic E-state index is 6.72. The van der Waals surface area contributed by atoms with Gasteiger partial charge >= 0.3 is 0 Å². The quantitative estimate of drug-likeness (QED) is 0.460. The first-order chi connectivity index (χ1) is 16.0. The molecule has 4 nitrogen and oxygen atoms in total. The molecule has 0 fully saturated rings. The molecule has 5 heteroatoms. The highest BCUT2D eigenvalue weighted by atomic mass is 35.5. The molecule has 2 N–H and O–H groups in total. The fourth-order valence-electron chi connectivity index (χ4n) is 3.71. The largest absolute Gasteiger partial charge is 0.489 e. The third kappa shape index (κ3) is 5.60. The molecule has 0 amide bonds. The molecule has 3 aromatic carbocycles. The van der Waals surface area contributed by atoms with Crippen LogP contribution in [-0.4, -0.2) is 12.6 Å². The Bertz CT molecular complexity index is 1160. The van der Waals surface area contributed by atoms with Gasteiger partial charge in [0.2, 0.25) is 0 Å². The number of hydrogen-bond donors (Lipinski definition) is 1. The monoisotopic (exact) mass is 458 g/mol. The number of ether oxygens (including phenoxy) is 2. The Balaban J connectivity index is 1.55. The second-order valence-electron chi connectivity index (χ2n) is 7.90. The fourth-order valence-corrected chi connectivity index (χ4v) is 4.03. The summed E-state index contributed by atoms with van der Waals surface area (Å²) in [6.45, 7) is 7.39. The summed E-state index contributed by atoms with van der Waals surface area (Å²) in [6.07, 6.45) is 1.72. The zero-order chi connectivity index (χ0) is 23.2. The molecule has 0 spiro atoms. The van der Waals surface area contributed by atoms with E-state index in [2.05, 4.69) is 11.5 Å². The maximum Gasteiger partial charge on any atom is 0.195 e. The molecule has 4 rings (SSSR count). The highest BCUT2D eigenvalue weighted by Crippen LogP contribution is 2.35. The molecule has 3 aromatic rings. The second-order valence-corrected chi connectivity index (χ2v) is 8.30. The Morgan fingerprint density at radius 1 is 1.06 bits per heavy atom. The Labute approximate surface area is 200 Å². The van der Waals surface area contributed by atoms with Gasteiger partial charge in [-0.2, -0.15) is 0 Å². The minimum atomic E-state index is -0.144. The third-order valence-corrected chi connectivity index (χ3v) is 5.66. The molecule has 1 aliphatic rings. The molecule has 0 bridgehead atoms. The molecule has 1 atom stereocenters. The molecule has 1 heterocycles. The number of halogens is 1. The van der Waals surface area contributed by atoms with Gasteiger partial charge in [0.15, 0.2) is 5.88 Å². The van der Waals surface area contributed by atoms with E-state index in [-0.39, 0.29) is 12.0 Å². The van der Waals surface area contributed by atoms with Crippen molar-refractivity contribution in [3.05, 3.63) is 125 Å². The lowest BCUT2D eigenvalue weighted by Crippen LogP contribution is -2.29. The lowest BCUT2D eigenvalue weighted by molar-refractivity contribution is 0.138. The van der Waals surface area contributed by atoms with Crippen molar-refractivity contribution in [3.63, 3.8) is 0 Å². The minimum Gasteiger partial charge on any atom is -0.489 e. The molecule has 0 radical (unpaired) electrons. The fraction of sp³-hybridized carbons (Fsp3) is 0.143. The highest BCUT2D eigenvalue weighted by molar-refractivity contribution is 6.34. The summed E-state index contributed by atoms with van der Waals surface area (Å²) < 4.78 is 11.8. The molecular formula is C28H27ClN2O2. The second kappa shape index (κ2) is 10.3. The smallest absolute Gasteiger partial charge is 0.195 e. The van der Waals surface area contributed by atoms with Crippen molar-refractivity contribution in [1.82, 2.24) is 0 Å². The topological polar surface area (TPSA) is 47.7 Å². The summed E-state index contributed by atoms with van der Waals surface area (Å²) in [7, 11) is 0. The molecule has 0 unspecified atom stereocenters. The molecule has 33 heavy (non-hydrogen) atoms. The molecule has 0 saturated carbocycles. The summed E-state index contributed by atoms with van der Waals surface area (Å²) in [5, 5.41) is 0.477. The molecule has 0 aromatic heterocycles. The molecule has 0 aliphatic carbocycles. The van der Waals surface area contributed by atoms with Crippen molar-refractivity contribution in [2.75, 3.05) is 11.4 Å². The highest BCUT2D eigenvalue weighted by Gasteiger charge is 2.27. The van der Waals surface area contributed by atoms with Crippen molar-refractivity contribution >= 4 is 23.4 Å². The van der Waals surface area contributed by atoms with E-state index in [1.54, 1.807) is 0 Å². The number of allylic oxidation sites excluding steroid dienone is 1. The van der Waals surface area contributed by atoms with Gasteiger partial charge < -0.3 is 20.1 Å². The zero-order valence-corrected chi connectivity index (χ0v) is 19.3. The lowest BCUT2D eigenvalue weighted by atomic mass is 10.1. The van der Waals surface area contributed by atoms with Crippen molar-refractivity contribution in [1.29, 1.82) is 0 Å². The van der Waals surface area contributed by atoms with Crippen LogP contribution in [0.1, 0.15) is 18.1 Å². The first kappa shape index (κ1) is 22.6. The van der Waals surface area contributed by atoms with Gasteiger partial charge in [-0.3, -0.25) is 0 Å². The average molecular weight is 459 g/mol. The third-order valence-electron chi connectivity index (χ3n) is 5.36. The number of rotatable bonds is 6. The van der Waals surface area contributed by atoms with Crippen LogP contribution >= 0.6 is 11.6 Å². The summed E-state index contributed by atoms with van der Waals surface area (Å²) in [5.41, 5.74) is 10.6. The zero-order valence-electron chi connectivity index (χ0n) is 18.6. The van der Waals surface area contributed by atoms with Crippen molar-refractivity contribution < 1.29 is 9.47 Å². The van der Waals surface area contributed by atoms with Crippen molar-refractivity contribution in [3.8, 4) is 5.75 Å². The Hall–Kier alpha value is -3.63. The van der Waals surface area contributed by atoms with Crippen LogP contribution in [-0.2, 0) is 11.3 Å². The Morgan fingerprint density at radius 3 is 2.36 bits per heavy atom. The number of nitrogens with zero attached hydrogens (tertiary/aromatic N) is 1. The number of nitrogens with two attached hydrogens (primary N) is 1. The van der Waals surface area contributed by atoms with Crippen LogP contribution in [0.15, 0.2) is 114 Å². The molecule has 168 valence electrons. The number of hydrogen-bond acceptors (Lipinski definition) is 4. The summed E-state index contributed by atoms with van der Waals surface area (Å²) >= 11 is 6.72. The average Bonchev–Trinajstić information content (AvgIpc) is 2.94. The van der Waals surface area contributed by atoms with Crippen molar-refractivity contribution in [2.24, 2.45) is 5.73 Å². The van der Waals surface area contributed by atoms with Gasteiger partial charge in [-0.15, -0.1) is 0 Å². The molecular weight excluding hydrogens is 432 g/mol. The summed E-state index contributed by atoms with van der Waals surface area (Å²) in [6, 6.07) is 27.9. The maximum absolute atomic E-state index is 6.72. The predicted molar refractivity (Wildman–Crippen MR) is 136 cm³/mol. The molecule has 0 saturated heterocycles. The van der Waals surface area contributed by atoms with Crippen molar-refractivity contribution in [2.45, 2.75) is 19.6 Å². The predicted octanol–water partition coefficient (Wildman–Crippen LogP) is 6.45. The number of benzene rings is 3. The summed E-state index contributed by atoms with van der Waals surface area (Å²) in [5.74, 6) is 1.07. The molecule has 1 aliphatic heterocycles. The van der Waals surface area contributed by atoms with Crippen LogP contribution in [0.25, 0.3) is 6.08 Å². The van der Waals surface area contributed by atoms with Gasteiger partial charge in [-0.1, -0.05) is 78.8 Å². The lowest BCUT2D eigenvalue weighted by Gasteiger charge is -2.27. The SMILES string of the molecule is C=C1C(/C(Cl)=C/c2ccccc2)=C(N)O[C@H](C)CN1c1ccc(OCc2ccccc2)cc1. The van der Waals surface area contributed by atoms with E-state index in [1.165, 1.54) is 0 Å². The van der Waals surface area contributed by atoms with E-state index < -0.39 is 0 Å². The van der Waals surface area contributed by atoms with E-state index in [9.17, 15) is 0 Å². The normalized spacial score (nSPS) is 16.9. The van der Waals surface area contributed by atoms with Gasteiger partial charge in [0.1, 0.15) is 18.5 Å². The van der Waals surface area contributed by atoms with Crippen LogP contribution in [0.3, 0.4) is 0 Å². The van der Waals surface area contributed by atoms with Crippen LogP contribution in [0.4, 0.5) is 5.69 Å². The van der Waals surface area contributed by atoms with Gasteiger partial charge in [-0.25, -0.2) is 0 Å². The summed E-state index contributed by atoms with van der Waals surface area (Å²) in [4.78, 5) is 2.07. The van der Waals surface area contributed by atoms with E-state index >= 15 is 0 Å². The van der Waals surface area contributed by atoms with E-state index in [0.717, 1.165) is 22.6 Å². The Morgan fingerprint density at radius 2 is 1.70 bits per heavy atom. The van der Waals surface area contributed by atoms with Crippen LogP contribution in [0.2, 0.25) is 0 Å². The van der Waals surface area contributed by atoms with E-state index in [0.29, 0.717) is 29.5 Å². The minimum absolute atomic E-state index is 0.144. The van der Waals surface area contributed by atoms with E-state index in [1.807, 2.05) is 97.9 Å². The standard InChI is InChI=1S/C28H27ClN2O2/c1-20-18-31(24-13-15-25(16-14-24)32-19-23-11-7-4-8-12-23)21(2)27(28(30)33-20)26(29)17-22-9-5-3-6-10-22/h3-17,20H,2,18-19,30H2,1H3/b26-17-/t20-/m1/s1. The van der Waals surface area contributed by atoms with Crippen LogP contribution in [0, 0.1) is 0 Å². The van der Waals surface area contributed by atoms with Crippen LogP contribution < -0.4 is 15.4 Å². The Kier molecular flexibility index (Phi) is 7.06. The first-order valence-corrected chi connectivity index (χ1v) is 11.2. The van der Waals surface area contributed by atoms with Gasteiger partial charge in [0, 0.05) is 11.4 Å². The van der Waals surface area contributed by atoms with Gasteiger partial charge in [-0.05, 0) is 48.4 Å². The van der Waals surface area contributed by atoms with Crippen LogP contribution in [0.5, 0.6) is 5.75 Å². The van der Waals surface area contributed by atoms with Gasteiger partial charge in [0.25, 0.3) is 0 Å². The van der Waals surface area contributed by atoms with E-state index in [4.69, 9.17) is 26.8 Å².